The molecule has 0 spiro atoms. The second-order valence-corrected chi connectivity index (χ2v) is 5.88. The lowest BCUT2D eigenvalue weighted by Crippen LogP contribution is -2.13. The Morgan fingerprint density at radius 2 is 2.04 bits per heavy atom. The predicted molar refractivity (Wildman–Crippen MR) is 88.8 cm³/mol. The Morgan fingerprint density at radius 3 is 2.68 bits per heavy atom. The largest absolute Gasteiger partial charge is 0.465 e. The number of rotatable bonds is 9. The fourth-order valence-corrected chi connectivity index (χ4v) is 2.51. The molecule has 0 bridgehead atoms. The molecule has 1 aromatic carbocycles. The first-order valence-corrected chi connectivity index (χ1v) is 8.54. The average molecular weight is 372 g/mol. The summed E-state index contributed by atoms with van der Waals surface area (Å²) in [6, 6.07) is 5.85. The molecule has 2 N–H and O–H groups in total. The van der Waals surface area contributed by atoms with Crippen molar-refractivity contribution in [3.63, 3.8) is 0 Å². The van der Waals surface area contributed by atoms with E-state index in [4.69, 9.17) is 10.6 Å². The number of nitrogens with two attached hydrogens (primary N) is 1. The molecule has 0 unspecified atom stereocenters. The zero-order valence-corrected chi connectivity index (χ0v) is 14.3. The number of carbonyl (C=O) groups is 1. The highest BCUT2D eigenvalue weighted by atomic mass is 32.2. The molecule has 0 saturated carbocycles. The molecule has 0 amide bonds. The number of alkyl halides is 2. The third-order valence-electron chi connectivity index (χ3n) is 3.08. The SMILES string of the molecule is CCCCOC(=O)CSc1nnc(-c2ccc(OC(F)F)cc2)n1N. The normalized spacial score (nSPS) is 10.9. The summed E-state index contributed by atoms with van der Waals surface area (Å²) in [5, 5.41) is 8.22. The van der Waals surface area contributed by atoms with Crippen molar-refractivity contribution >= 4 is 17.7 Å². The number of unbranched alkanes of at least 4 members (excludes halogenated alkanes) is 1. The summed E-state index contributed by atoms with van der Waals surface area (Å²) in [6.07, 6.45) is 1.76. The van der Waals surface area contributed by atoms with E-state index in [1.807, 2.05) is 6.92 Å². The molecule has 0 fully saturated rings. The van der Waals surface area contributed by atoms with Gasteiger partial charge in [-0.05, 0) is 30.7 Å². The molecule has 7 nitrogen and oxygen atoms in total. The summed E-state index contributed by atoms with van der Waals surface area (Å²) in [4.78, 5) is 11.6. The van der Waals surface area contributed by atoms with Gasteiger partial charge >= 0.3 is 12.6 Å². The van der Waals surface area contributed by atoms with Gasteiger partial charge in [0.1, 0.15) is 5.75 Å². The molecule has 10 heteroatoms. The van der Waals surface area contributed by atoms with Gasteiger partial charge in [0.2, 0.25) is 5.16 Å². The Labute approximate surface area is 147 Å². The molecular formula is C15H18F2N4O3S. The lowest BCUT2D eigenvalue weighted by molar-refractivity contribution is -0.140. The molecule has 2 aromatic rings. The molecule has 1 aromatic heterocycles. The fraction of sp³-hybridized carbons (Fsp3) is 0.400. The van der Waals surface area contributed by atoms with Gasteiger partial charge in [0.05, 0.1) is 12.4 Å². The van der Waals surface area contributed by atoms with Gasteiger partial charge in [-0.25, -0.2) is 4.68 Å². The molecule has 25 heavy (non-hydrogen) atoms. The zero-order chi connectivity index (χ0) is 18.2. The van der Waals surface area contributed by atoms with Gasteiger partial charge in [0, 0.05) is 5.56 Å². The van der Waals surface area contributed by atoms with Crippen LogP contribution in [-0.2, 0) is 9.53 Å². The minimum Gasteiger partial charge on any atom is -0.465 e. The Bertz CT molecular complexity index is 695. The third-order valence-corrected chi connectivity index (χ3v) is 4.00. The number of ether oxygens (including phenoxy) is 2. The molecule has 0 radical (unpaired) electrons. The highest BCUT2D eigenvalue weighted by Gasteiger charge is 2.14. The van der Waals surface area contributed by atoms with Crippen LogP contribution in [0.5, 0.6) is 5.75 Å². The fourth-order valence-electron chi connectivity index (χ4n) is 1.85. The van der Waals surface area contributed by atoms with Gasteiger partial charge < -0.3 is 15.3 Å². The first-order chi connectivity index (χ1) is 12.0. The van der Waals surface area contributed by atoms with Crippen LogP contribution in [0.4, 0.5) is 8.78 Å². The van der Waals surface area contributed by atoms with E-state index in [9.17, 15) is 13.6 Å². The zero-order valence-electron chi connectivity index (χ0n) is 13.5. The number of nitrogens with zero attached hydrogens (tertiary/aromatic N) is 3. The van der Waals surface area contributed by atoms with Crippen LogP contribution in [0.25, 0.3) is 11.4 Å². The molecule has 0 aliphatic carbocycles. The molecule has 0 aliphatic heterocycles. The monoisotopic (exact) mass is 372 g/mol. The number of hydrogen-bond acceptors (Lipinski definition) is 7. The number of aromatic nitrogens is 3. The highest BCUT2D eigenvalue weighted by molar-refractivity contribution is 7.99. The van der Waals surface area contributed by atoms with Crippen molar-refractivity contribution in [1.82, 2.24) is 14.9 Å². The predicted octanol–water partition coefficient (Wildman–Crippen LogP) is 2.70. The highest BCUT2D eigenvalue weighted by Crippen LogP contribution is 2.24. The van der Waals surface area contributed by atoms with Crippen molar-refractivity contribution in [2.45, 2.75) is 31.5 Å². The van der Waals surface area contributed by atoms with Gasteiger partial charge in [-0.15, -0.1) is 10.2 Å². The average Bonchev–Trinajstić information content (AvgIpc) is 2.94. The van der Waals surface area contributed by atoms with Crippen molar-refractivity contribution in [2.24, 2.45) is 0 Å². The third kappa shape index (κ3) is 5.59. The lowest BCUT2D eigenvalue weighted by atomic mass is 10.2. The minimum absolute atomic E-state index is 0.0336. The van der Waals surface area contributed by atoms with Gasteiger partial charge in [-0.2, -0.15) is 8.78 Å². The van der Waals surface area contributed by atoms with Crippen LogP contribution in [0.3, 0.4) is 0 Å². The van der Waals surface area contributed by atoms with E-state index in [-0.39, 0.29) is 17.5 Å². The minimum atomic E-state index is -2.89. The number of benzene rings is 1. The Hall–Kier alpha value is -2.36. The van der Waals surface area contributed by atoms with Crippen molar-refractivity contribution in [1.29, 1.82) is 0 Å². The Morgan fingerprint density at radius 1 is 1.32 bits per heavy atom. The van der Waals surface area contributed by atoms with E-state index < -0.39 is 6.61 Å². The number of halogens is 2. The van der Waals surface area contributed by atoms with E-state index >= 15 is 0 Å². The number of thioether (sulfide) groups is 1. The Balaban J connectivity index is 1.97. The van der Waals surface area contributed by atoms with E-state index in [1.54, 1.807) is 12.1 Å². The molecule has 136 valence electrons. The molecule has 0 saturated heterocycles. The van der Waals surface area contributed by atoms with Gasteiger partial charge in [0.25, 0.3) is 0 Å². The molecule has 0 atom stereocenters. The van der Waals surface area contributed by atoms with Crippen LogP contribution in [0.2, 0.25) is 0 Å². The summed E-state index contributed by atoms with van der Waals surface area (Å²) >= 11 is 1.11. The molecule has 0 aliphatic rings. The van der Waals surface area contributed by atoms with E-state index in [0.717, 1.165) is 24.6 Å². The standard InChI is InChI=1S/C15H18F2N4O3S/c1-2-3-8-23-12(22)9-25-15-20-19-13(21(15)18)10-4-6-11(7-5-10)24-14(16)17/h4-7,14H,2-3,8-9,18H2,1H3. The van der Waals surface area contributed by atoms with Crippen LogP contribution in [-0.4, -0.2) is 39.8 Å². The summed E-state index contributed by atoms with van der Waals surface area (Å²) < 4.78 is 34.9. The Kier molecular flexibility index (Phi) is 6.99. The van der Waals surface area contributed by atoms with Crippen LogP contribution in [0, 0.1) is 0 Å². The van der Waals surface area contributed by atoms with Crippen LogP contribution < -0.4 is 10.6 Å². The molecule has 1 heterocycles. The maximum absolute atomic E-state index is 12.2. The van der Waals surface area contributed by atoms with E-state index in [1.165, 1.54) is 16.8 Å². The second kappa shape index (κ2) is 9.21. The lowest BCUT2D eigenvalue weighted by Gasteiger charge is -2.06. The van der Waals surface area contributed by atoms with Crippen LogP contribution >= 0.6 is 11.8 Å². The topological polar surface area (TPSA) is 92.3 Å². The van der Waals surface area contributed by atoms with E-state index in [2.05, 4.69) is 14.9 Å². The number of carbonyl (C=O) groups excluding carboxylic acids is 1. The van der Waals surface area contributed by atoms with Crippen molar-refractivity contribution in [3.8, 4) is 17.1 Å². The number of esters is 1. The van der Waals surface area contributed by atoms with Crippen molar-refractivity contribution in [3.05, 3.63) is 24.3 Å². The number of nitrogen functional groups attached to an aromatic ring is 1. The van der Waals surface area contributed by atoms with Gasteiger partial charge in [0.15, 0.2) is 5.82 Å². The van der Waals surface area contributed by atoms with Crippen LogP contribution in [0.15, 0.2) is 29.4 Å². The summed E-state index contributed by atoms with van der Waals surface area (Å²) in [6.45, 7) is -0.486. The smallest absolute Gasteiger partial charge is 0.387 e. The summed E-state index contributed by atoms with van der Waals surface area (Å²) in [7, 11) is 0. The van der Waals surface area contributed by atoms with Crippen molar-refractivity contribution < 1.29 is 23.0 Å². The summed E-state index contributed by atoms with van der Waals surface area (Å²) in [5.74, 6) is 6.02. The second-order valence-electron chi connectivity index (χ2n) is 4.94. The van der Waals surface area contributed by atoms with E-state index in [0.29, 0.717) is 23.2 Å². The van der Waals surface area contributed by atoms with Gasteiger partial charge in [-0.3, -0.25) is 4.79 Å². The molecule has 2 rings (SSSR count). The maximum Gasteiger partial charge on any atom is 0.387 e. The summed E-state index contributed by atoms with van der Waals surface area (Å²) in [5.41, 5.74) is 0.578. The maximum atomic E-state index is 12.2. The van der Waals surface area contributed by atoms with Crippen molar-refractivity contribution in [2.75, 3.05) is 18.2 Å². The number of hydrogen-bond donors (Lipinski definition) is 1. The molecular weight excluding hydrogens is 354 g/mol. The quantitative estimate of drug-likeness (QED) is 0.313. The van der Waals surface area contributed by atoms with Gasteiger partial charge in [-0.1, -0.05) is 25.1 Å². The van der Waals surface area contributed by atoms with Crippen LogP contribution in [0.1, 0.15) is 19.8 Å². The first-order valence-electron chi connectivity index (χ1n) is 7.55. The first kappa shape index (κ1) is 19.0.